The van der Waals surface area contributed by atoms with Crippen molar-refractivity contribution in [2.24, 2.45) is 0 Å². The predicted octanol–water partition coefficient (Wildman–Crippen LogP) is 4.24. The largest absolute Gasteiger partial charge is 0.496 e. The average molecular weight is 497 g/mol. The molecular formula is C20H18ClIN2O3. The van der Waals surface area contributed by atoms with Gasteiger partial charge in [-0.2, -0.15) is 0 Å². The van der Waals surface area contributed by atoms with E-state index >= 15 is 0 Å². The number of aromatic nitrogens is 1. The lowest BCUT2D eigenvalue weighted by Gasteiger charge is -2.12. The molecule has 3 aromatic rings. The summed E-state index contributed by atoms with van der Waals surface area (Å²) in [7, 11) is 1.64. The first-order valence-corrected chi connectivity index (χ1v) is 9.80. The number of nitrogens with zero attached hydrogens (tertiary/aromatic N) is 1. The predicted molar refractivity (Wildman–Crippen MR) is 115 cm³/mol. The Hall–Kier alpha value is -2.06. The minimum absolute atomic E-state index is 0.0881. The van der Waals surface area contributed by atoms with Crippen LogP contribution in [0.2, 0.25) is 5.02 Å². The Morgan fingerprint density at radius 3 is 2.89 bits per heavy atom. The van der Waals surface area contributed by atoms with Gasteiger partial charge in [0.2, 0.25) is 0 Å². The highest BCUT2D eigenvalue weighted by Crippen LogP contribution is 2.34. The van der Waals surface area contributed by atoms with Gasteiger partial charge in [-0.25, -0.2) is 0 Å². The number of ether oxygens (including phenoxy) is 2. The molecule has 0 aliphatic rings. The second-order valence-corrected chi connectivity index (χ2v) is 7.34. The number of halogens is 2. The molecule has 1 aromatic heterocycles. The number of carbonyl (C=O) groups excluding carboxylic acids is 1. The molecule has 1 N–H and O–H groups in total. The number of carbonyl (C=O) groups is 1. The Kier molecular flexibility index (Phi) is 6.73. The number of hydrogen-bond acceptors (Lipinski definition) is 4. The van der Waals surface area contributed by atoms with Crippen molar-refractivity contribution in [3.05, 3.63) is 62.8 Å². The zero-order valence-electron chi connectivity index (χ0n) is 14.7. The molecule has 0 unspecified atom stereocenters. The molecule has 3 rings (SSSR count). The van der Waals surface area contributed by atoms with E-state index in [0.29, 0.717) is 29.3 Å². The molecule has 0 aliphatic carbocycles. The maximum absolute atomic E-state index is 12.2. The van der Waals surface area contributed by atoms with Gasteiger partial charge >= 0.3 is 0 Å². The van der Waals surface area contributed by atoms with Crippen LogP contribution in [0.1, 0.15) is 5.56 Å². The van der Waals surface area contributed by atoms with Crippen LogP contribution in [-0.4, -0.2) is 31.2 Å². The van der Waals surface area contributed by atoms with Gasteiger partial charge in [0.15, 0.2) is 12.4 Å². The quantitative estimate of drug-likeness (QED) is 0.497. The smallest absolute Gasteiger partial charge is 0.257 e. The number of para-hydroxylation sites is 1. The lowest BCUT2D eigenvalue weighted by molar-refractivity contribution is -0.123. The van der Waals surface area contributed by atoms with Gasteiger partial charge < -0.3 is 14.8 Å². The molecule has 0 saturated heterocycles. The van der Waals surface area contributed by atoms with E-state index in [-0.39, 0.29) is 12.5 Å². The monoisotopic (exact) mass is 496 g/mol. The van der Waals surface area contributed by atoms with Crippen molar-refractivity contribution < 1.29 is 14.3 Å². The number of benzene rings is 2. The molecule has 0 atom stereocenters. The summed E-state index contributed by atoms with van der Waals surface area (Å²) in [6.07, 6.45) is 2.35. The first-order valence-electron chi connectivity index (χ1n) is 8.34. The molecule has 1 heterocycles. The van der Waals surface area contributed by atoms with Gasteiger partial charge in [0.05, 0.1) is 15.7 Å². The van der Waals surface area contributed by atoms with E-state index in [1.54, 1.807) is 19.4 Å². The molecule has 0 radical (unpaired) electrons. The van der Waals surface area contributed by atoms with E-state index in [2.05, 4.69) is 32.9 Å². The van der Waals surface area contributed by atoms with Crippen LogP contribution in [0.5, 0.6) is 11.5 Å². The highest BCUT2D eigenvalue weighted by molar-refractivity contribution is 14.1. The molecule has 0 saturated carbocycles. The summed E-state index contributed by atoms with van der Waals surface area (Å²) >= 11 is 8.39. The van der Waals surface area contributed by atoms with Gasteiger partial charge in [-0.05, 0) is 58.8 Å². The minimum Gasteiger partial charge on any atom is -0.496 e. The Morgan fingerprint density at radius 2 is 2.07 bits per heavy atom. The van der Waals surface area contributed by atoms with Crippen LogP contribution < -0.4 is 14.8 Å². The van der Waals surface area contributed by atoms with Crippen LogP contribution in [-0.2, 0) is 11.2 Å². The zero-order valence-corrected chi connectivity index (χ0v) is 17.6. The van der Waals surface area contributed by atoms with Crippen molar-refractivity contribution in [2.45, 2.75) is 6.42 Å². The maximum Gasteiger partial charge on any atom is 0.257 e. The van der Waals surface area contributed by atoms with Crippen LogP contribution >= 0.6 is 34.2 Å². The summed E-state index contributed by atoms with van der Waals surface area (Å²) in [6.45, 7) is 0.411. The number of pyridine rings is 1. The summed E-state index contributed by atoms with van der Waals surface area (Å²) in [5.74, 6) is 1.19. The third kappa shape index (κ3) is 4.81. The van der Waals surface area contributed by atoms with Gasteiger partial charge in [0.1, 0.15) is 11.3 Å². The van der Waals surface area contributed by atoms with Crippen LogP contribution in [0.15, 0.2) is 48.7 Å². The van der Waals surface area contributed by atoms with Crippen molar-refractivity contribution in [1.82, 2.24) is 10.3 Å². The van der Waals surface area contributed by atoms with Crippen molar-refractivity contribution in [3.8, 4) is 11.5 Å². The van der Waals surface area contributed by atoms with E-state index in [0.717, 1.165) is 20.3 Å². The molecular weight excluding hydrogens is 479 g/mol. The number of nitrogens with one attached hydrogen (secondary N) is 1. The molecule has 7 heteroatoms. The van der Waals surface area contributed by atoms with Gasteiger partial charge in [-0.3, -0.25) is 9.78 Å². The van der Waals surface area contributed by atoms with Gasteiger partial charge in [-0.15, -0.1) is 0 Å². The number of amides is 1. The normalized spacial score (nSPS) is 10.6. The number of fused-ring (bicyclic) bond motifs is 1. The van der Waals surface area contributed by atoms with Crippen LogP contribution in [0.3, 0.4) is 0 Å². The van der Waals surface area contributed by atoms with Crippen molar-refractivity contribution in [1.29, 1.82) is 0 Å². The van der Waals surface area contributed by atoms with Crippen molar-refractivity contribution in [3.63, 3.8) is 0 Å². The average Bonchev–Trinajstić information content (AvgIpc) is 2.68. The maximum atomic E-state index is 12.2. The van der Waals surface area contributed by atoms with E-state index in [1.807, 2.05) is 36.4 Å². The van der Waals surface area contributed by atoms with Crippen molar-refractivity contribution >= 4 is 51.0 Å². The third-order valence-electron chi connectivity index (χ3n) is 4.01. The fourth-order valence-electron chi connectivity index (χ4n) is 2.72. The zero-order chi connectivity index (χ0) is 19.2. The standard InChI is InChI=1S/C20H18ClIN2O3/c1-26-17-7-3-2-5-13(17)8-10-23-18(25)12-27-20-16(22)11-15(21)14-6-4-9-24-19(14)20/h2-7,9,11H,8,10,12H2,1H3,(H,23,25). The topological polar surface area (TPSA) is 60.5 Å². The van der Waals surface area contributed by atoms with E-state index < -0.39 is 0 Å². The van der Waals surface area contributed by atoms with Crippen LogP contribution in [0, 0.1) is 3.57 Å². The van der Waals surface area contributed by atoms with E-state index in [1.165, 1.54) is 0 Å². The molecule has 2 aromatic carbocycles. The van der Waals surface area contributed by atoms with Gasteiger partial charge in [0, 0.05) is 18.1 Å². The Morgan fingerprint density at radius 1 is 1.26 bits per heavy atom. The first-order chi connectivity index (χ1) is 13.1. The highest BCUT2D eigenvalue weighted by Gasteiger charge is 2.13. The third-order valence-corrected chi connectivity index (χ3v) is 5.12. The summed E-state index contributed by atoms with van der Waals surface area (Å²) < 4.78 is 11.9. The summed E-state index contributed by atoms with van der Waals surface area (Å²) in [4.78, 5) is 16.5. The number of hydrogen-bond donors (Lipinski definition) is 1. The molecule has 0 bridgehead atoms. The SMILES string of the molecule is COc1ccccc1CCNC(=O)COc1c(I)cc(Cl)c2cccnc12. The molecule has 0 aliphatic heterocycles. The fourth-order valence-corrected chi connectivity index (χ4v) is 3.89. The summed E-state index contributed by atoms with van der Waals surface area (Å²) in [6, 6.07) is 13.2. The van der Waals surface area contributed by atoms with Crippen LogP contribution in [0.25, 0.3) is 10.9 Å². The van der Waals surface area contributed by atoms with Gasteiger partial charge in [0.25, 0.3) is 5.91 Å². The lowest BCUT2D eigenvalue weighted by Crippen LogP contribution is -2.30. The Bertz CT molecular complexity index is 965. The first kappa shape index (κ1) is 19.7. The van der Waals surface area contributed by atoms with E-state index in [4.69, 9.17) is 21.1 Å². The van der Waals surface area contributed by atoms with E-state index in [9.17, 15) is 4.79 Å². The highest BCUT2D eigenvalue weighted by atomic mass is 127. The molecule has 140 valence electrons. The second-order valence-electron chi connectivity index (χ2n) is 5.77. The lowest BCUT2D eigenvalue weighted by atomic mass is 10.1. The fraction of sp³-hybridized carbons (Fsp3) is 0.200. The second kappa shape index (κ2) is 9.23. The van der Waals surface area contributed by atoms with Gasteiger partial charge in [-0.1, -0.05) is 29.8 Å². The molecule has 0 fully saturated rings. The Labute approximate surface area is 176 Å². The number of rotatable bonds is 7. The number of methoxy groups -OCH3 is 1. The minimum atomic E-state index is -0.195. The molecule has 0 spiro atoms. The Balaban J connectivity index is 1.59. The molecule has 5 nitrogen and oxygen atoms in total. The molecule has 27 heavy (non-hydrogen) atoms. The molecule has 1 amide bonds. The van der Waals surface area contributed by atoms with Crippen LogP contribution in [0.4, 0.5) is 0 Å². The summed E-state index contributed by atoms with van der Waals surface area (Å²) in [5, 5.41) is 4.27. The summed E-state index contributed by atoms with van der Waals surface area (Å²) in [5.41, 5.74) is 1.69. The van der Waals surface area contributed by atoms with Crippen molar-refractivity contribution in [2.75, 3.05) is 20.3 Å².